The molecule has 0 saturated heterocycles. The quantitative estimate of drug-likeness (QED) is 0.503. The molecule has 1 heterocycles. The number of aromatic nitrogens is 1. The van der Waals surface area contributed by atoms with Crippen LogP contribution >= 0.6 is 23.2 Å². The zero-order chi connectivity index (χ0) is 23.6. The Kier molecular flexibility index (Phi) is 7.09. The lowest BCUT2D eigenvalue weighted by molar-refractivity contribution is 0.102. The summed E-state index contributed by atoms with van der Waals surface area (Å²) in [6.45, 7) is 3.46. The predicted octanol–water partition coefficient (Wildman–Crippen LogP) is 5.30. The van der Waals surface area contributed by atoms with Gasteiger partial charge in [-0.25, -0.2) is 17.7 Å². The molecule has 32 heavy (non-hydrogen) atoms. The van der Waals surface area contributed by atoms with Crippen LogP contribution in [0.15, 0.2) is 53.6 Å². The monoisotopic (exact) mass is 493 g/mol. The molecule has 3 rings (SSSR count). The van der Waals surface area contributed by atoms with Gasteiger partial charge in [0.25, 0.3) is 5.91 Å². The van der Waals surface area contributed by atoms with Crippen molar-refractivity contribution in [2.24, 2.45) is 0 Å². The van der Waals surface area contributed by atoms with Gasteiger partial charge in [-0.1, -0.05) is 35.3 Å². The van der Waals surface area contributed by atoms with Gasteiger partial charge in [0.05, 0.1) is 15.6 Å². The lowest BCUT2D eigenvalue weighted by Crippen LogP contribution is -2.24. The summed E-state index contributed by atoms with van der Waals surface area (Å²) in [5.74, 6) is -0.0552. The maximum atomic E-state index is 13.0. The van der Waals surface area contributed by atoms with Crippen LogP contribution in [0, 0.1) is 13.8 Å². The zero-order valence-corrected chi connectivity index (χ0v) is 20.1. The van der Waals surface area contributed by atoms with Crippen LogP contribution in [0.4, 0.5) is 5.69 Å². The largest absolute Gasteiger partial charge is 0.435 e. The van der Waals surface area contributed by atoms with Gasteiger partial charge in [0.2, 0.25) is 15.9 Å². The van der Waals surface area contributed by atoms with E-state index in [0.29, 0.717) is 27.6 Å². The third-order valence-electron chi connectivity index (χ3n) is 4.76. The van der Waals surface area contributed by atoms with Gasteiger partial charge in [0.15, 0.2) is 5.75 Å². The molecule has 7 nitrogen and oxygen atoms in total. The Hall–Kier alpha value is -2.65. The summed E-state index contributed by atoms with van der Waals surface area (Å²) in [4.78, 5) is 17.1. The summed E-state index contributed by atoms with van der Waals surface area (Å²) in [6, 6.07) is 11.2. The van der Waals surface area contributed by atoms with Crippen molar-refractivity contribution in [3.05, 3.63) is 75.4 Å². The fraction of sp³-hybridized carbons (Fsp3) is 0.182. The molecular weight excluding hydrogens is 473 g/mol. The SMILES string of the molecule is Cc1cc(C(=O)Nc2ccccc2Oc2ncc(Cl)cc2Cl)cc(S(=O)(=O)N(C)C)c1C. The van der Waals surface area contributed by atoms with Gasteiger partial charge >= 0.3 is 0 Å². The van der Waals surface area contributed by atoms with Crippen molar-refractivity contribution in [3.63, 3.8) is 0 Å². The standard InChI is InChI=1S/C22H21Cl2N3O4S/c1-13-9-15(10-20(14(13)2)32(29,30)27(3)4)21(28)26-18-7-5-6-8-19(18)31-22-17(24)11-16(23)12-25-22/h5-12H,1-4H3,(H,26,28). The molecule has 0 saturated carbocycles. The van der Waals surface area contributed by atoms with Crippen molar-refractivity contribution in [1.29, 1.82) is 0 Å². The van der Waals surface area contributed by atoms with Crippen LogP contribution in [0.1, 0.15) is 21.5 Å². The summed E-state index contributed by atoms with van der Waals surface area (Å²) in [7, 11) is -0.832. The van der Waals surface area contributed by atoms with Crippen molar-refractivity contribution < 1.29 is 17.9 Å². The fourth-order valence-electron chi connectivity index (χ4n) is 2.86. The Morgan fingerprint density at radius 2 is 1.78 bits per heavy atom. The lowest BCUT2D eigenvalue weighted by Gasteiger charge is -2.17. The van der Waals surface area contributed by atoms with E-state index in [4.69, 9.17) is 27.9 Å². The first-order valence-corrected chi connectivity index (χ1v) is 11.6. The highest BCUT2D eigenvalue weighted by atomic mass is 35.5. The second kappa shape index (κ2) is 9.46. The smallest absolute Gasteiger partial charge is 0.255 e. The number of ether oxygens (including phenoxy) is 1. The van der Waals surface area contributed by atoms with E-state index in [1.54, 1.807) is 44.2 Å². The number of benzene rings is 2. The highest BCUT2D eigenvalue weighted by molar-refractivity contribution is 7.89. The first kappa shape index (κ1) is 24.0. The van der Waals surface area contributed by atoms with E-state index in [2.05, 4.69) is 10.3 Å². The first-order valence-electron chi connectivity index (χ1n) is 9.43. The molecule has 3 aromatic rings. The average Bonchev–Trinajstić information content (AvgIpc) is 2.72. The number of carbonyl (C=O) groups excluding carboxylic acids is 1. The first-order chi connectivity index (χ1) is 15.0. The topological polar surface area (TPSA) is 88.6 Å². The number of para-hydroxylation sites is 2. The second-order valence-electron chi connectivity index (χ2n) is 7.20. The minimum Gasteiger partial charge on any atom is -0.435 e. The van der Waals surface area contributed by atoms with Gasteiger partial charge in [-0.15, -0.1) is 0 Å². The van der Waals surface area contributed by atoms with Gasteiger partial charge in [-0.2, -0.15) is 0 Å². The Bertz CT molecular complexity index is 1290. The minimum absolute atomic E-state index is 0.0781. The molecule has 1 N–H and O–H groups in total. The molecule has 0 fully saturated rings. The lowest BCUT2D eigenvalue weighted by atomic mass is 10.1. The number of pyridine rings is 1. The zero-order valence-electron chi connectivity index (χ0n) is 17.8. The molecule has 0 aliphatic carbocycles. The molecule has 0 spiro atoms. The second-order valence-corrected chi connectivity index (χ2v) is 10.2. The number of nitrogens with one attached hydrogen (secondary N) is 1. The third-order valence-corrected chi connectivity index (χ3v) is 7.18. The summed E-state index contributed by atoms with van der Waals surface area (Å²) >= 11 is 12.0. The molecule has 0 aliphatic heterocycles. The number of rotatable bonds is 6. The fourth-order valence-corrected chi connectivity index (χ4v) is 4.49. The molecule has 0 radical (unpaired) electrons. The number of halogens is 2. The van der Waals surface area contributed by atoms with E-state index < -0.39 is 15.9 Å². The van der Waals surface area contributed by atoms with E-state index >= 15 is 0 Å². The molecule has 0 bridgehead atoms. The molecular formula is C22H21Cl2N3O4S. The van der Waals surface area contributed by atoms with E-state index in [9.17, 15) is 13.2 Å². The predicted molar refractivity (Wildman–Crippen MR) is 126 cm³/mol. The maximum Gasteiger partial charge on any atom is 0.255 e. The molecule has 2 aromatic carbocycles. The van der Waals surface area contributed by atoms with E-state index in [1.807, 2.05) is 0 Å². The summed E-state index contributed by atoms with van der Waals surface area (Å²) in [5.41, 5.74) is 1.83. The third kappa shape index (κ3) is 5.05. The Morgan fingerprint density at radius 3 is 2.44 bits per heavy atom. The average molecular weight is 494 g/mol. The summed E-state index contributed by atoms with van der Waals surface area (Å²) < 4.78 is 32.3. The van der Waals surface area contributed by atoms with Crippen molar-refractivity contribution in [2.45, 2.75) is 18.7 Å². The van der Waals surface area contributed by atoms with Crippen LogP contribution in [0.25, 0.3) is 0 Å². The summed E-state index contributed by atoms with van der Waals surface area (Å²) in [5, 5.41) is 3.34. The molecule has 168 valence electrons. The van der Waals surface area contributed by atoms with Crippen LogP contribution in [-0.2, 0) is 10.0 Å². The van der Waals surface area contributed by atoms with Crippen LogP contribution in [0.5, 0.6) is 11.6 Å². The number of hydrogen-bond acceptors (Lipinski definition) is 5. The van der Waals surface area contributed by atoms with Gasteiger partial charge in [0.1, 0.15) is 5.02 Å². The number of nitrogens with zero attached hydrogens (tertiary/aromatic N) is 2. The van der Waals surface area contributed by atoms with Crippen LogP contribution in [0.2, 0.25) is 10.0 Å². The van der Waals surface area contributed by atoms with Crippen molar-refractivity contribution in [3.8, 4) is 11.6 Å². The number of aryl methyl sites for hydroxylation is 1. The molecule has 10 heteroatoms. The van der Waals surface area contributed by atoms with E-state index in [1.165, 1.54) is 32.4 Å². The Labute approximate surface area is 197 Å². The number of carbonyl (C=O) groups is 1. The normalized spacial score (nSPS) is 11.5. The minimum atomic E-state index is -3.72. The van der Waals surface area contributed by atoms with Crippen molar-refractivity contribution >= 4 is 44.8 Å². The maximum absolute atomic E-state index is 13.0. The van der Waals surface area contributed by atoms with Gasteiger partial charge in [-0.05, 0) is 55.3 Å². The molecule has 0 aliphatic rings. The van der Waals surface area contributed by atoms with Gasteiger partial charge in [-0.3, -0.25) is 4.79 Å². The van der Waals surface area contributed by atoms with Gasteiger partial charge < -0.3 is 10.1 Å². The van der Waals surface area contributed by atoms with Crippen LogP contribution < -0.4 is 10.1 Å². The van der Waals surface area contributed by atoms with E-state index in [0.717, 1.165) is 4.31 Å². The van der Waals surface area contributed by atoms with Crippen LogP contribution in [0.3, 0.4) is 0 Å². The molecule has 1 amide bonds. The molecule has 1 aromatic heterocycles. The van der Waals surface area contributed by atoms with Crippen molar-refractivity contribution in [2.75, 3.05) is 19.4 Å². The number of sulfonamides is 1. The van der Waals surface area contributed by atoms with Crippen LogP contribution in [-0.4, -0.2) is 37.7 Å². The van der Waals surface area contributed by atoms with Gasteiger partial charge in [0, 0.05) is 25.9 Å². The summed E-state index contributed by atoms with van der Waals surface area (Å²) in [6.07, 6.45) is 1.39. The Morgan fingerprint density at radius 1 is 1.09 bits per heavy atom. The molecule has 0 atom stereocenters. The van der Waals surface area contributed by atoms with Crippen molar-refractivity contribution in [1.82, 2.24) is 9.29 Å². The Balaban J connectivity index is 1.94. The number of amides is 1. The molecule has 0 unspecified atom stereocenters. The van der Waals surface area contributed by atoms with E-state index in [-0.39, 0.29) is 21.4 Å². The number of anilines is 1. The highest BCUT2D eigenvalue weighted by Crippen LogP contribution is 2.33. The number of hydrogen-bond donors (Lipinski definition) is 1. The highest BCUT2D eigenvalue weighted by Gasteiger charge is 2.23.